The van der Waals surface area contributed by atoms with Crippen LogP contribution in [0.5, 0.6) is 0 Å². The Balaban J connectivity index is 0.00000420. The van der Waals surface area contributed by atoms with Crippen molar-refractivity contribution in [2.75, 3.05) is 6.54 Å². The first kappa shape index (κ1) is 25.6. The van der Waals surface area contributed by atoms with E-state index < -0.39 is 22.0 Å². The van der Waals surface area contributed by atoms with E-state index in [0.717, 1.165) is 11.1 Å². The number of carbonyl (C=O) groups excluding carboxylic acids is 2. The summed E-state index contributed by atoms with van der Waals surface area (Å²) < 4.78 is 25.2. The van der Waals surface area contributed by atoms with Gasteiger partial charge in [0.15, 0.2) is 0 Å². The summed E-state index contributed by atoms with van der Waals surface area (Å²) >= 11 is 0. The van der Waals surface area contributed by atoms with Gasteiger partial charge >= 0.3 is 0 Å². The minimum Gasteiger partial charge on any atom is -0.356 e. The van der Waals surface area contributed by atoms with Gasteiger partial charge in [0, 0.05) is 54.8 Å². The van der Waals surface area contributed by atoms with Gasteiger partial charge in [0.1, 0.15) is 6.04 Å². The number of rotatable bonds is 8. The average Bonchev–Trinajstić information content (AvgIpc) is 2.70. The molecule has 4 N–H and O–H groups in total. The molecule has 2 aromatic carbocycles. The largest absolute Gasteiger partial charge is 0.356 e. The van der Waals surface area contributed by atoms with Gasteiger partial charge in [-0.15, -0.1) is 0 Å². The minimum atomic E-state index is -4.44. The molecule has 0 heterocycles. The van der Waals surface area contributed by atoms with Crippen molar-refractivity contribution in [1.29, 1.82) is 0 Å². The van der Waals surface area contributed by atoms with Crippen LogP contribution in [0.15, 0.2) is 59.5 Å². The quantitative estimate of drug-likeness (QED) is 0.289. The molecule has 153 valence electrons. The molecule has 1 atom stereocenters. The SMILES string of the molecule is CC(=O)NCC[C@H](C(=O)NO)N(O)S(=O)(=O)c1ccc(-c2ccccc2)cc1.[Pr]. The van der Waals surface area contributed by atoms with Crippen LogP contribution in [0.2, 0.25) is 0 Å². The van der Waals surface area contributed by atoms with Gasteiger partial charge in [0.05, 0.1) is 4.90 Å². The van der Waals surface area contributed by atoms with Crippen LogP contribution >= 0.6 is 0 Å². The number of nitrogens with one attached hydrogen (secondary N) is 2. The third-order valence-corrected chi connectivity index (χ3v) is 5.59. The summed E-state index contributed by atoms with van der Waals surface area (Å²) in [7, 11) is -4.44. The van der Waals surface area contributed by atoms with Crippen molar-refractivity contribution < 1.29 is 69.7 Å². The fraction of sp³-hybridized carbons (Fsp3) is 0.222. The fourth-order valence-electron chi connectivity index (χ4n) is 2.53. The fourth-order valence-corrected chi connectivity index (χ4v) is 3.76. The maximum absolute atomic E-state index is 12.7. The van der Waals surface area contributed by atoms with Gasteiger partial charge in [0.25, 0.3) is 15.9 Å². The van der Waals surface area contributed by atoms with E-state index in [1.165, 1.54) is 24.5 Å². The van der Waals surface area contributed by atoms with Gasteiger partial charge in [0.2, 0.25) is 5.91 Å². The molecule has 1 radical (unpaired) electrons. The molecule has 9 nitrogen and oxygen atoms in total. The third kappa shape index (κ3) is 6.80. The van der Waals surface area contributed by atoms with Crippen LogP contribution in [-0.4, -0.2) is 47.7 Å². The Morgan fingerprint density at radius 2 is 1.59 bits per heavy atom. The second-order valence-electron chi connectivity index (χ2n) is 5.93. The van der Waals surface area contributed by atoms with Gasteiger partial charge in [-0.2, -0.15) is 0 Å². The third-order valence-electron chi connectivity index (χ3n) is 3.98. The van der Waals surface area contributed by atoms with Crippen LogP contribution in [-0.2, 0) is 19.6 Å². The van der Waals surface area contributed by atoms with Crippen molar-refractivity contribution in [3.63, 3.8) is 0 Å². The van der Waals surface area contributed by atoms with E-state index in [1.807, 2.05) is 30.3 Å². The van der Waals surface area contributed by atoms with Crippen molar-refractivity contribution in [2.24, 2.45) is 0 Å². The van der Waals surface area contributed by atoms with E-state index in [9.17, 15) is 23.2 Å². The molecule has 0 unspecified atom stereocenters. The Hall–Kier alpha value is -1.43. The van der Waals surface area contributed by atoms with Crippen molar-refractivity contribution in [2.45, 2.75) is 24.3 Å². The molecule has 2 rings (SSSR count). The number of carbonyl (C=O) groups is 2. The Bertz CT molecular complexity index is 922. The van der Waals surface area contributed by atoms with Crippen LogP contribution < -0.4 is 10.8 Å². The summed E-state index contributed by atoms with van der Waals surface area (Å²) in [5.41, 5.74) is 2.99. The summed E-state index contributed by atoms with van der Waals surface area (Å²) in [5.74, 6) is -1.51. The zero-order valence-corrected chi connectivity index (χ0v) is 20.2. The smallest absolute Gasteiger partial charge is 0.265 e. The molecule has 2 aromatic rings. The van der Waals surface area contributed by atoms with Gasteiger partial charge in [-0.05, 0) is 29.7 Å². The second-order valence-corrected chi connectivity index (χ2v) is 7.73. The molecule has 0 saturated heterocycles. The summed E-state index contributed by atoms with van der Waals surface area (Å²) in [4.78, 5) is 22.5. The van der Waals surface area contributed by atoms with Gasteiger partial charge in [-0.25, -0.2) is 13.9 Å². The number of nitrogens with zero attached hydrogens (tertiary/aromatic N) is 1. The van der Waals surface area contributed by atoms with Crippen molar-refractivity contribution >= 4 is 21.8 Å². The van der Waals surface area contributed by atoms with Gasteiger partial charge in [-0.3, -0.25) is 20.0 Å². The van der Waals surface area contributed by atoms with Crippen LogP contribution in [0.25, 0.3) is 11.1 Å². The molecule has 0 aliphatic rings. The molecule has 0 bridgehead atoms. The van der Waals surface area contributed by atoms with Crippen molar-refractivity contribution in [1.82, 2.24) is 15.3 Å². The summed E-state index contributed by atoms with van der Waals surface area (Å²) in [6.07, 6.45) is -0.246. The maximum Gasteiger partial charge on any atom is 0.265 e. The number of sulfonamides is 1. The zero-order valence-electron chi connectivity index (χ0n) is 15.6. The number of amides is 2. The van der Waals surface area contributed by atoms with E-state index in [2.05, 4.69) is 5.32 Å². The number of hydrogen-bond acceptors (Lipinski definition) is 6. The van der Waals surface area contributed by atoms with Gasteiger partial charge < -0.3 is 5.32 Å². The molecule has 11 heteroatoms. The van der Waals surface area contributed by atoms with Crippen LogP contribution in [0.4, 0.5) is 0 Å². The first-order valence-electron chi connectivity index (χ1n) is 8.34. The molecule has 0 saturated carbocycles. The van der Waals surface area contributed by atoms with E-state index in [1.54, 1.807) is 12.1 Å². The Morgan fingerprint density at radius 3 is 2.10 bits per heavy atom. The first-order valence-corrected chi connectivity index (χ1v) is 9.78. The molecule has 29 heavy (non-hydrogen) atoms. The van der Waals surface area contributed by atoms with E-state index in [-0.39, 0.29) is 69.5 Å². The van der Waals surface area contributed by atoms with E-state index in [0.29, 0.717) is 0 Å². The average molecular weight is 548 g/mol. The molecular weight excluding hydrogens is 527 g/mol. The predicted molar refractivity (Wildman–Crippen MR) is 99.7 cm³/mol. The maximum atomic E-state index is 12.7. The number of hydrogen-bond donors (Lipinski definition) is 4. The van der Waals surface area contributed by atoms with Gasteiger partial charge in [-0.1, -0.05) is 46.9 Å². The molecule has 0 aliphatic heterocycles. The summed E-state index contributed by atoms with van der Waals surface area (Å²) in [6.45, 7) is 1.18. The Labute approximate surface area is 202 Å². The molecule has 0 aliphatic carbocycles. The van der Waals surface area contributed by atoms with Crippen LogP contribution in [0.1, 0.15) is 13.3 Å². The Kier molecular flexibility index (Phi) is 10.3. The summed E-state index contributed by atoms with van der Waals surface area (Å²) in [6, 6.07) is 13.4. The minimum absolute atomic E-state index is 0. The monoisotopic (exact) mass is 548 g/mol. The first-order chi connectivity index (χ1) is 13.3. The zero-order chi connectivity index (χ0) is 20.7. The van der Waals surface area contributed by atoms with Crippen LogP contribution in [0.3, 0.4) is 0 Å². The number of hydroxylamine groups is 2. The predicted octanol–water partition coefficient (Wildman–Crippen LogP) is 1.13. The standard InChI is InChI=1S/C18H21N3O6S.Pr/c1-13(22)19-12-11-17(18(23)20-24)21(25)28(26,27)16-9-7-15(8-10-16)14-5-3-2-4-6-14;/h2-10,17,24-25H,11-12H2,1H3,(H,19,22)(H,20,23);/t17-;/m1./s1. The normalized spacial score (nSPS) is 12.0. The van der Waals surface area contributed by atoms with Crippen LogP contribution in [0, 0.1) is 41.3 Å². The summed E-state index contributed by atoms with van der Waals surface area (Å²) in [5, 5.41) is 21.4. The molecule has 2 amide bonds. The topological polar surface area (TPSA) is 136 Å². The molecule has 0 spiro atoms. The second kappa shape index (κ2) is 11.7. The van der Waals surface area contributed by atoms with Crippen molar-refractivity contribution in [3.8, 4) is 11.1 Å². The Morgan fingerprint density at radius 1 is 1.03 bits per heavy atom. The van der Waals surface area contributed by atoms with E-state index >= 15 is 0 Å². The van der Waals surface area contributed by atoms with Crippen molar-refractivity contribution in [3.05, 3.63) is 54.6 Å². The molecule has 0 aromatic heterocycles. The molecule has 0 fully saturated rings. The van der Waals surface area contributed by atoms with E-state index in [4.69, 9.17) is 5.21 Å². The number of benzene rings is 2. The molecular formula is C18H21N3O6PrS.